The summed E-state index contributed by atoms with van der Waals surface area (Å²) < 4.78 is 0. The molecule has 0 amide bonds. The first-order valence-electron chi connectivity index (χ1n) is 6.30. The zero-order valence-electron chi connectivity index (χ0n) is 10.4. The molecule has 1 fully saturated rings. The molecule has 0 bridgehead atoms. The molecule has 2 N–H and O–H groups in total. The second-order valence-electron chi connectivity index (χ2n) is 4.67. The lowest BCUT2D eigenvalue weighted by molar-refractivity contribution is -0.00542. The van der Waals surface area contributed by atoms with Crippen molar-refractivity contribution in [2.24, 2.45) is 0 Å². The molecule has 0 aromatic carbocycles. The van der Waals surface area contributed by atoms with Crippen molar-refractivity contribution in [1.82, 2.24) is 10.2 Å². The average Bonchev–Trinajstić information content (AvgIpc) is 2.41. The van der Waals surface area contributed by atoms with Gasteiger partial charge in [-0.2, -0.15) is 0 Å². The molecule has 0 aromatic rings. The summed E-state index contributed by atoms with van der Waals surface area (Å²) in [5, 5.41) is 13.9. The Kier molecular flexibility index (Phi) is 5.03. The van der Waals surface area contributed by atoms with E-state index < -0.39 is 5.60 Å². The zero-order valence-corrected chi connectivity index (χ0v) is 10.4. The van der Waals surface area contributed by atoms with Crippen molar-refractivity contribution in [2.45, 2.75) is 51.7 Å². The highest BCUT2D eigenvalue weighted by Crippen LogP contribution is 2.25. The largest absolute Gasteiger partial charge is 0.388 e. The summed E-state index contributed by atoms with van der Waals surface area (Å²) in [4.78, 5) is 2.43. The van der Waals surface area contributed by atoms with Gasteiger partial charge in [-0.15, -0.1) is 0 Å². The van der Waals surface area contributed by atoms with E-state index >= 15 is 0 Å². The summed E-state index contributed by atoms with van der Waals surface area (Å²) >= 11 is 0. The van der Waals surface area contributed by atoms with Gasteiger partial charge in [-0.25, -0.2) is 0 Å². The van der Waals surface area contributed by atoms with Crippen LogP contribution < -0.4 is 5.32 Å². The van der Waals surface area contributed by atoms with Gasteiger partial charge in [0.15, 0.2) is 0 Å². The van der Waals surface area contributed by atoms with Crippen molar-refractivity contribution >= 4 is 0 Å². The summed E-state index contributed by atoms with van der Waals surface area (Å²) in [6, 6.07) is 0.208. The topological polar surface area (TPSA) is 35.5 Å². The first-order valence-corrected chi connectivity index (χ1v) is 6.30. The minimum Gasteiger partial charge on any atom is -0.388 e. The van der Waals surface area contributed by atoms with Crippen LogP contribution in [0.1, 0.15) is 40.0 Å². The predicted molar refractivity (Wildman–Crippen MR) is 64.1 cm³/mol. The molecule has 2 unspecified atom stereocenters. The van der Waals surface area contributed by atoms with Crippen molar-refractivity contribution in [3.8, 4) is 0 Å². The Labute approximate surface area is 93.9 Å². The molecular formula is C12H26N2O. The Hall–Kier alpha value is -0.120. The van der Waals surface area contributed by atoms with E-state index in [0.717, 1.165) is 45.4 Å². The zero-order chi connectivity index (χ0) is 11.3. The molecule has 90 valence electrons. The van der Waals surface area contributed by atoms with Gasteiger partial charge in [-0.3, -0.25) is 0 Å². The van der Waals surface area contributed by atoms with Crippen LogP contribution >= 0.6 is 0 Å². The Morgan fingerprint density at radius 1 is 1.33 bits per heavy atom. The fraction of sp³-hybridized carbons (Fsp3) is 1.00. The van der Waals surface area contributed by atoms with Crippen LogP contribution in [0.2, 0.25) is 0 Å². The Balaban J connectivity index is 2.53. The number of nitrogens with zero attached hydrogens (tertiary/aromatic N) is 1. The van der Waals surface area contributed by atoms with Crippen LogP contribution in [-0.2, 0) is 0 Å². The summed E-state index contributed by atoms with van der Waals surface area (Å²) in [5.74, 6) is 0. The lowest BCUT2D eigenvalue weighted by Gasteiger charge is -2.33. The van der Waals surface area contributed by atoms with Crippen molar-refractivity contribution in [2.75, 3.05) is 26.2 Å². The van der Waals surface area contributed by atoms with Gasteiger partial charge in [0.05, 0.1) is 5.60 Å². The number of hydrogen-bond acceptors (Lipinski definition) is 3. The van der Waals surface area contributed by atoms with Gasteiger partial charge < -0.3 is 15.3 Å². The second-order valence-corrected chi connectivity index (χ2v) is 4.67. The smallest absolute Gasteiger partial charge is 0.0809 e. The molecule has 0 radical (unpaired) electrons. The third kappa shape index (κ3) is 3.44. The second kappa shape index (κ2) is 5.83. The number of hydrogen-bond donors (Lipinski definition) is 2. The van der Waals surface area contributed by atoms with Gasteiger partial charge in [-0.1, -0.05) is 13.8 Å². The Bertz CT molecular complexity index is 186. The third-order valence-electron chi connectivity index (χ3n) is 3.71. The average molecular weight is 214 g/mol. The first-order chi connectivity index (χ1) is 7.12. The van der Waals surface area contributed by atoms with Crippen molar-refractivity contribution < 1.29 is 5.11 Å². The van der Waals surface area contributed by atoms with E-state index in [2.05, 4.69) is 31.0 Å². The lowest BCUT2D eigenvalue weighted by atomic mass is 9.87. The monoisotopic (exact) mass is 214 g/mol. The van der Waals surface area contributed by atoms with Crippen LogP contribution in [0.3, 0.4) is 0 Å². The van der Waals surface area contributed by atoms with E-state index in [1.54, 1.807) is 0 Å². The molecule has 2 atom stereocenters. The lowest BCUT2D eigenvalue weighted by Crippen LogP contribution is -2.49. The third-order valence-corrected chi connectivity index (χ3v) is 3.71. The quantitative estimate of drug-likeness (QED) is 0.738. The van der Waals surface area contributed by atoms with E-state index in [1.165, 1.54) is 0 Å². The van der Waals surface area contributed by atoms with Crippen LogP contribution in [0.4, 0.5) is 0 Å². The number of rotatable bonds is 4. The molecule has 1 heterocycles. The Morgan fingerprint density at radius 3 is 2.67 bits per heavy atom. The number of likely N-dealkylation sites (tertiary alicyclic amines) is 1. The van der Waals surface area contributed by atoms with Gasteiger partial charge in [-0.05, 0) is 45.8 Å². The Morgan fingerprint density at radius 2 is 2.07 bits per heavy atom. The highest BCUT2D eigenvalue weighted by Gasteiger charge is 2.34. The van der Waals surface area contributed by atoms with E-state index in [0.29, 0.717) is 0 Å². The maximum Gasteiger partial charge on any atom is 0.0809 e. The molecule has 3 heteroatoms. The fourth-order valence-corrected chi connectivity index (χ4v) is 2.44. The molecule has 0 saturated carbocycles. The molecule has 15 heavy (non-hydrogen) atoms. The molecule has 1 aliphatic rings. The number of aliphatic hydroxyl groups is 1. The van der Waals surface area contributed by atoms with Crippen LogP contribution in [0.15, 0.2) is 0 Å². The molecule has 1 aliphatic heterocycles. The van der Waals surface area contributed by atoms with Crippen molar-refractivity contribution in [1.29, 1.82) is 0 Å². The van der Waals surface area contributed by atoms with Gasteiger partial charge in [0.25, 0.3) is 0 Å². The first kappa shape index (κ1) is 12.9. The van der Waals surface area contributed by atoms with Crippen molar-refractivity contribution in [3.63, 3.8) is 0 Å². The number of nitrogens with one attached hydrogen (secondary N) is 1. The predicted octanol–water partition coefficient (Wildman–Crippen LogP) is 1.22. The van der Waals surface area contributed by atoms with Crippen molar-refractivity contribution in [3.05, 3.63) is 0 Å². The summed E-state index contributed by atoms with van der Waals surface area (Å²) in [6.07, 6.45) is 2.94. The van der Waals surface area contributed by atoms with Gasteiger partial charge in [0.2, 0.25) is 0 Å². The standard InChI is InChI=1S/C12H26N2O/c1-4-13-11(3)12(15)7-6-9-14(5-2)10-8-12/h11,13,15H,4-10H2,1-3H3. The molecule has 0 spiro atoms. The summed E-state index contributed by atoms with van der Waals surface area (Å²) in [6.45, 7) is 10.6. The maximum absolute atomic E-state index is 10.6. The molecule has 1 rings (SSSR count). The van der Waals surface area contributed by atoms with Crippen LogP contribution in [-0.4, -0.2) is 47.8 Å². The molecule has 1 saturated heterocycles. The van der Waals surface area contributed by atoms with E-state index in [1.807, 2.05) is 0 Å². The van der Waals surface area contributed by atoms with Crippen LogP contribution in [0, 0.1) is 0 Å². The van der Waals surface area contributed by atoms with Crippen LogP contribution in [0.25, 0.3) is 0 Å². The minimum atomic E-state index is -0.500. The molecule has 3 nitrogen and oxygen atoms in total. The summed E-state index contributed by atoms with van der Waals surface area (Å²) in [5.41, 5.74) is -0.500. The number of likely N-dealkylation sites (N-methyl/N-ethyl adjacent to an activating group) is 1. The van der Waals surface area contributed by atoms with Crippen LogP contribution in [0.5, 0.6) is 0 Å². The normalized spacial score (nSPS) is 31.2. The van der Waals surface area contributed by atoms with Gasteiger partial charge in [0.1, 0.15) is 0 Å². The SMILES string of the molecule is CCNC(C)C1(O)CCCN(CC)CC1. The molecule has 0 aliphatic carbocycles. The molecule has 0 aromatic heterocycles. The van der Waals surface area contributed by atoms with Gasteiger partial charge >= 0.3 is 0 Å². The fourth-order valence-electron chi connectivity index (χ4n) is 2.44. The highest BCUT2D eigenvalue weighted by molar-refractivity contribution is 4.91. The molecular weight excluding hydrogens is 188 g/mol. The minimum absolute atomic E-state index is 0.208. The maximum atomic E-state index is 10.6. The van der Waals surface area contributed by atoms with E-state index in [-0.39, 0.29) is 6.04 Å². The van der Waals surface area contributed by atoms with E-state index in [4.69, 9.17) is 0 Å². The highest BCUT2D eigenvalue weighted by atomic mass is 16.3. The van der Waals surface area contributed by atoms with Gasteiger partial charge in [0, 0.05) is 12.6 Å². The summed E-state index contributed by atoms with van der Waals surface area (Å²) in [7, 11) is 0. The van der Waals surface area contributed by atoms with E-state index in [9.17, 15) is 5.11 Å².